The molecule has 9 nitrogen and oxygen atoms in total. The molecule has 1 aliphatic heterocycles. The predicted molar refractivity (Wildman–Crippen MR) is 146 cm³/mol. The van der Waals surface area contributed by atoms with Crippen molar-refractivity contribution in [2.45, 2.75) is 41.6 Å². The highest BCUT2D eigenvalue weighted by molar-refractivity contribution is 7.92. The number of methoxy groups -OCH3 is 1. The number of rotatable bonds is 6. The van der Waals surface area contributed by atoms with Crippen LogP contribution in [0.2, 0.25) is 5.02 Å². The number of carbonyl (C=O) groups is 1. The fourth-order valence-corrected chi connectivity index (χ4v) is 6.43. The van der Waals surface area contributed by atoms with Gasteiger partial charge in [-0.1, -0.05) is 11.6 Å². The Bertz CT molecular complexity index is 1860. The van der Waals surface area contributed by atoms with Crippen molar-refractivity contribution in [1.82, 2.24) is 20.3 Å². The highest BCUT2D eigenvalue weighted by Gasteiger charge is 2.59. The standard InChI is InChI=1S/C28H22ClF3N4O5S/c1-40-22-5-4-20(36-25(22)17-11-28(17,31)32)19-3-2-14-12-33-16(10-21(14)35-19)13-34-27(37)15-8-18(29)26-23(9-15)42(38,39)24(30)6-7-41-26/h2-5,8-10,12,17,24H,6-7,11,13H2,1H3,(H,34,37)/t17-,24+/m0/s1. The zero-order valence-corrected chi connectivity index (χ0v) is 23.5. The zero-order valence-electron chi connectivity index (χ0n) is 21.9. The normalized spacial score (nSPS) is 20.2. The van der Waals surface area contributed by atoms with Crippen LogP contribution in [0.5, 0.6) is 11.5 Å². The molecule has 4 heterocycles. The van der Waals surface area contributed by atoms with E-state index < -0.39 is 38.0 Å². The van der Waals surface area contributed by atoms with Crippen molar-refractivity contribution in [3.8, 4) is 22.9 Å². The average molecular weight is 619 g/mol. The Kier molecular flexibility index (Phi) is 6.97. The number of alkyl halides is 3. The van der Waals surface area contributed by atoms with Crippen LogP contribution in [0.15, 0.2) is 53.6 Å². The fraction of sp³-hybridized carbons (Fsp3) is 0.286. The van der Waals surface area contributed by atoms with E-state index in [0.717, 1.165) is 6.07 Å². The van der Waals surface area contributed by atoms with Crippen LogP contribution in [-0.4, -0.2) is 54.4 Å². The van der Waals surface area contributed by atoms with E-state index in [2.05, 4.69) is 20.3 Å². The summed E-state index contributed by atoms with van der Waals surface area (Å²) in [6, 6.07) is 10.6. The number of hydrogen-bond acceptors (Lipinski definition) is 8. The van der Waals surface area contributed by atoms with E-state index >= 15 is 0 Å². The number of nitrogens with one attached hydrogen (secondary N) is 1. The maximum atomic E-state index is 14.3. The molecule has 218 valence electrons. The number of benzene rings is 1. The molecule has 0 radical (unpaired) electrons. The Hall–Kier alpha value is -3.97. The summed E-state index contributed by atoms with van der Waals surface area (Å²) in [4.78, 5) is 25.8. The van der Waals surface area contributed by atoms with Gasteiger partial charge in [0.15, 0.2) is 5.75 Å². The minimum Gasteiger partial charge on any atom is -0.495 e. The van der Waals surface area contributed by atoms with Crippen LogP contribution in [-0.2, 0) is 16.4 Å². The molecule has 14 heteroatoms. The van der Waals surface area contributed by atoms with Gasteiger partial charge in [-0.3, -0.25) is 9.78 Å². The lowest BCUT2D eigenvalue weighted by Gasteiger charge is -2.12. The summed E-state index contributed by atoms with van der Waals surface area (Å²) < 4.78 is 77.6. The minimum atomic E-state index is -4.39. The molecule has 1 aromatic carbocycles. The average Bonchev–Trinajstić information content (AvgIpc) is 3.64. The van der Waals surface area contributed by atoms with Crippen LogP contribution in [0, 0.1) is 0 Å². The zero-order chi connectivity index (χ0) is 29.8. The Labute approximate surface area is 243 Å². The number of nitrogens with zero attached hydrogens (tertiary/aromatic N) is 3. The molecule has 0 spiro atoms. The quantitative estimate of drug-likeness (QED) is 0.311. The molecular weight excluding hydrogens is 597 g/mol. The molecule has 1 aliphatic carbocycles. The first-order valence-corrected chi connectivity index (χ1v) is 14.7. The van der Waals surface area contributed by atoms with Crippen molar-refractivity contribution in [3.63, 3.8) is 0 Å². The first-order chi connectivity index (χ1) is 20.0. The van der Waals surface area contributed by atoms with E-state index in [0.29, 0.717) is 28.0 Å². The molecule has 2 aliphatic rings. The van der Waals surface area contributed by atoms with Gasteiger partial charge in [0.25, 0.3) is 11.8 Å². The highest BCUT2D eigenvalue weighted by Crippen LogP contribution is 2.57. The molecule has 0 saturated heterocycles. The Morgan fingerprint density at radius 2 is 1.90 bits per heavy atom. The van der Waals surface area contributed by atoms with Gasteiger partial charge in [-0.25, -0.2) is 31.6 Å². The predicted octanol–water partition coefficient (Wildman–Crippen LogP) is 5.26. The van der Waals surface area contributed by atoms with Gasteiger partial charge >= 0.3 is 0 Å². The molecule has 0 bridgehead atoms. The SMILES string of the molecule is COc1ccc(-c2ccc3cnc(CNC(=O)c4cc(Cl)c5c(c4)S(=O)(=O)[C@@H](F)CCO5)cc3n2)nc1[C@@H]1CC1(F)F. The number of halogens is 4. The van der Waals surface area contributed by atoms with E-state index in [1.165, 1.54) is 13.2 Å². The molecule has 1 saturated carbocycles. The molecule has 1 amide bonds. The van der Waals surface area contributed by atoms with Gasteiger partial charge in [-0.05, 0) is 42.5 Å². The molecule has 1 N–H and O–H groups in total. The van der Waals surface area contributed by atoms with Gasteiger partial charge in [0.05, 0.1) is 59.5 Å². The van der Waals surface area contributed by atoms with E-state index in [1.54, 1.807) is 36.5 Å². The summed E-state index contributed by atoms with van der Waals surface area (Å²) in [5, 5.41) is 3.21. The monoisotopic (exact) mass is 618 g/mol. The van der Waals surface area contributed by atoms with Crippen molar-refractivity contribution >= 4 is 38.2 Å². The number of sulfone groups is 1. The molecule has 3 aromatic heterocycles. The molecule has 4 aromatic rings. The van der Waals surface area contributed by atoms with Gasteiger partial charge in [0.2, 0.25) is 15.3 Å². The van der Waals surface area contributed by atoms with Gasteiger partial charge in [0.1, 0.15) is 10.6 Å². The minimum absolute atomic E-state index is 0.0495. The second kappa shape index (κ2) is 10.4. The first-order valence-electron chi connectivity index (χ1n) is 12.8. The number of pyridine rings is 3. The second-order valence-corrected chi connectivity index (χ2v) is 12.4. The Balaban J connectivity index is 1.24. The molecule has 42 heavy (non-hydrogen) atoms. The first kappa shape index (κ1) is 28.2. The molecule has 0 unspecified atom stereocenters. The summed E-state index contributed by atoms with van der Waals surface area (Å²) in [5.41, 5.74) is -0.290. The molecule has 2 atom stereocenters. The summed E-state index contributed by atoms with van der Waals surface area (Å²) in [7, 11) is -2.99. The Morgan fingerprint density at radius 3 is 2.64 bits per heavy atom. The summed E-state index contributed by atoms with van der Waals surface area (Å²) >= 11 is 6.19. The van der Waals surface area contributed by atoms with Crippen LogP contribution in [0.25, 0.3) is 22.3 Å². The van der Waals surface area contributed by atoms with Crippen LogP contribution in [0.4, 0.5) is 13.2 Å². The third kappa shape index (κ3) is 5.11. The summed E-state index contributed by atoms with van der Waals surface area (Å²) in [6.07, 6.45) is 0.920. The van der Waals surface area contributed by atoms with Crippen molar-refractivity contribution < 1.29 is 35.9 Å². The summed E-state index contributed by atoms with van der Waals surface area (Å²) in [6.45, 7) is -0.222. The van der Waals surface area contributed by atoms with Crippen molar-refractivity contribution in [3.05, 3.63) is 70.6 Å². The molecular formula is C28H22ClF3N4O5S. The van der Waals surface area contributed by atoms with Crippen molar-refractivity contribution in [1.29, 1.82) is 0 Å². The van der Waals surface area contributed by atoms with Gasteiger partial charge < -0.3 is 14.8 Å². The molecule has 6 rings (SSSR count). The third-order valence-electron chi connectivity index (χ3n) is 7.09. The largest absolute Gasteiger partial charge is 0.495 e. The topological polar surface area (TPSA) is 120 Å². The van der Waals surface area contributed by atoms with Gasteiger partial charge in [-0.2, -0.15) is 0 Å². The smallest absolute Gasteiger partial charge is 0.257 e. The van der Waals surface area contributed by atoms with E-state index in [-0.39, 0.29) is 53.8 Å². The van der Waals surface area contributed by atoms with Crippen LogP contribution in [0.3, 0.4) is 0 Å². The number of amides is 1. The third-order valence-corrected chi connectivity index (χ3v) is 9.20. The van der Waals surface area contributed by atoms with E-state index in [1.807, 2.05) is 0 Å². The summed E-state index contributed by atoms with van der Waals surface area (Å²) in [5.74, 6) is -4.38. The van der Waals surface area contributed by atoms with Crippen molar-refractivity contribution in [2.24, 2.45) is 0 Å². The lowest BCUT2D eigenvalue weighted by atomic mass is 10.1. The lowest BCUT2D eigenvalue weighted by Crippen LogP contribution is -2.24. The molecule has 1 fully saturated rings. The van der Waals surface area contributed by atoms with Crippen molar-refractivity contribution in [2.75, 3.05) is 13.7 Å². The number of fused-ring (bicyclic) bond motifs is 2. The van der Waals surface area contributed by atoms with Crippen LogP contribution in [0.1, 0.15) is 40.5 Å². The number of carbonyl (C=O) groups excluding carboxylic acids is 1. The fourth-order valence-electron chi connectivity index (χ4n) is 4.70. The number of aromatic nitrogens is 3. The maximum absolute atomic E-state index is 14.3. The second-order valence-electron chi connectivity index (χ2n) is 9.93. The highest BCUT2D eigenvalue weighted by atomic mass is 35.5. The lowest BCUT2D eigenvalue weighted by molar-refractivity contribution is 0.0949. The number of hydrogen-bond donors (Lipinski definition) is 1. The van der Waals surface area contributed by atoms with Crippen LogP contribution < -0.4 is 14.8 Å². The Morgan fingerprint density at radius 1 is 1.17 bits per heavy atom. The van der Waals surface area contributed by atoms with Gasteiger partial charge in [0, 0.05) is 30.0 Å². The van der Waals surface area contributed by atoms with E-state index in [9.17, 15) is 26.4 Å². The number of ether oxygens (including phenoxy) is 2. The van der Waals surface area contributed by atoms with E-state index in [4.69, 9.17) is 21.1 Å². The van der Waals surface area contributed by atoms with Gasteiger partial charge in [-0.15, -0.1) is 0 Å². The maximum Gasteiger partial charge on any atom is 0.257 e. The van der Waals surface area contributed by atoms with Crippen LogP contribution >= 0.6 is 11.6 Å².